The molecule has 0 aliphatic rings. The van der Waals surface area contributed by atoms with Gasteiger partial charge in [-0.3, -0.25) is 5.43 Å². The van der Waals surface area contributed by atoms with E-state index in [1.807, 2.05) is 48.5 Å². The number of aliphatic hydroxyl groups excluding tert-OH is 2. The molecular formula is C16H19N3O2. The average molecular weight is 285 g/mol. The summed E-state index contributed by atoms with van der Waals surface area (Å²) >= 11 is 0. The fourth-order valence-corrected chi connectivity index (χ4v) is 2.12. The van der Waals surface area contributed by atoms with Crippen molar-refractivity contribution in [2.45, 2.75) is 12.8 Å². The van der Waals surface area contributed by atoms with Crippen LogP contribution in [0.2, 0.25) is 0 Å². The number of aliphatic hydroxyl groups is 2. The van der Waals surface area contributed by atoms with Gasteiger partial charge in [0.1, 0.15) is 0 Å². The molecule has 21 heavy (non-hydrogen) atoms. The van der Waals surface area contributed by atoms with Crippen molar-refractivity contribution in [2.75, 3.05) is 18.6 Å². The molecule has 0 saturated heterocycles. The van der Waals surface area contributed by atoms with Crippen molar-refractivity contribution in [1.29, 1.82) is 0 Å². The van der Waals surface area contributed by atoms with Crippen LogP contribution in [0, 0.1) is 0 Å². The lowest BCUT2D eigenvalue weighted by Crippen LogP contribution is -2.00. The number of para-hydroxylation sites is 1. The van der Waals surface area contributed by atoms with Gasteiger partial charge in [0.05, 0.1) is 11.4 Å². The van der Waals surface area contributed by atoms with Crippen LogP contribution in [0.1, 0.15) is 11.1 Å². The molecule has 0 bridgehead atoms. The molecular weight excluding hydrogens is 266 g/mol. The fourth-order valence-electron chi connectivity index (χ4n) is 2.12. The van der Waals surface area contributed by atoms with E-state index in [9.17, 15) is 5.11 Å². The third-order valence-corrected chi connectivity index (χ3v) is 3.10. The van der Waals surface area contributed by atoms with E-state index in [2.05, 4.69) is 15.8 Å². The number of hydrogen-bond donors (Lipinski definition) is 3. The van der Waals surface area contributed by atoms with E-state index in [4.69, 9.17) is 5.11 Å². The van der Waals surface area contributed by atoms with E-state index in [1.54, 1.807) is 0 Å². The Morgan fingerprint density at radius 1 is 0.857 bits per heavy atom. The summed E-state index contributed by atoms with van der Waals surface area (Å²) in [7, 11) is 0. The minimum atomic E-state index is 0.0388. The van der Waals surface area contributed by atoms with Crippen LogP contribution in [0.5, 0.6) is 0 Å². The van der Waals surface area contributed by atoms with Gasteiger partial charge in [0, 0.05) is 13.2 Å². The van der Waals surface area contributed by atoms with Crippen molar-refractivity contribution in [1.82, 2.24) is 0 Å². The van der Waals surface area contributed by atoms with Gasteiger partial charge in [-0.15, -0.1) is 5.11 Å². The maximum atomic E-state index is 9.19. The highest BCUT2D eigenvalue weighted by molar-refractivity contribution is 5.50. The average Bonchev–Trinajstić information content (AvgIpc) is 2.51. The summed E-state index contributed by atoms with van der Waals surface area (Å²) in [4.78, 5) is 0. The molecule has 2 rings (SSSR count). The number of nitrogens with one attached hydrogen (secondary N) is 1. The molecule has 0 spiro atoms. The molecule has 0 aliphatic carbocycles. The lowest BCUT2D eigenvalue weighted by molar-refractivity contribution is 0.293. The Morgan fingerprint density at radius 2 is 1.62 bits per heavy atom. The first kappa shape index (κ1) is 15.2. The van der Waals surface area contributed by atoms with Crippen LogP contribution in [0.25, 0.3) is 0 Å². The fraction of sp³-hybridized carbons (Fsp3) is 0.250. The van der Waals surface area contributed by atoms with E-state index in [0.29, 0.717) is 18.5 Å². The smallest absolute Gasteiger partial charge is 0.0909 e. The normalized spacial score (nSPS) is 11.0. The highest BCUT2D eigenvalue weighted by Gasteiger charge is 2.07. The van der Waals surface area contributed by atoms with E-state index in [-0.39, 0.29) is 13.2 Å². The van der Waals surface area contributed by atoms with Gasteiger partial charge >= 0.3 is 0 Å². The highest BCUT2D eigenvalue weighted by atomic mass is 16.3. The predicted molar refractivity (Wildman–Crippen MR) is 82.6 cm³/mol. The van der Waals surface area contributed by atoms with Gasteiger partial charge in [-0.2, -0.15) is 0 Å². The van der Waals surface area contributed by atoms with Gasteiger partial charge in [0.2, 0.25) is 0 Å². The second kappa shape index (κ2) is 8.14. The number of benzene rings is 2. The Hall–Kier alpha value is -2.24. The topological polar surface area (TPSA) is 77.2 Å². The zero-order chi connectivity index (χ0) is 14.9. The first-order valence-corrected chi connectivity index (χ1v) is 6.89. The van der Waals surface area contributed by atoms with E-state index in [0.717, 1.165) is 16.8 Å². The molecule has 0 saturated carbocycles. The van der Waals surface area contributed by atoms with Crippen molar-refractivity contribution >= 4 is 11.4 Å². The lowest BCUT2D eigenvalue weighted by Gasteiger charge is -2.09. The van der Waals surface area contributed by atoms with Gasteiger partial charge < -0.3 is 10.2 Å². The molecule has 2 aromatic carbocycles. The van der Waals surface area contributed by atoms with Crippen LogP contribution in [-0.2, 0) is 12.8 Å². The second-order valence-electron chi connectivity index (χ2n) is 4.54. The van der Waals surface area contributed by atoms with Crippen LogP contribution < -0.4 is 5.43 Å². The largest absolute Gasteiger partial charge is 0.396 e. The minimum absolute atomic E-state index is 0.0388. The molecule has 110 valence electrons. The van der Waals surface area contributed by atoms with Crippen LogP contribution in [0.3, 0.4) is 0 Å². The molecule has 5 heteroatoms. The van der Waals surface area contributed by atoms with Crippen molar-refractivity contribution in [3.05, 3.63) is 59.7 Å². The van der Waals surface area contributed by atoms with E-state index < -0.39 is 0 Å². The zero-order valence-corrected chi connectivity index (χ0v) is 11.7. The van der Waals surface area contributed by atoms with Crippen LogP contribution in [0.4, 0.5) is 11.4 Å². The standard InChI is InChI=1S/C16H19N3O2/c20-11-9-13-5-4-8-16(15(13)10-12-21)18-19-17-14-6-2-1-3-7-14/h1-8,20-21H,9-12H2,(H,17,18). The zero-order valence-electron chi connectivity index (χ0n) is 11.7. The Labute approximate surface area is 124 Å². The maximum absolute atomic E-state index is 9.19. The number of anilines is 1. The van der Waals surface area contributed by atoms with E-state index >= 15 is 0 Å². The first-order chi connectivity index (χ1) is 10.3. The third kappa shape index (κ3) is 4.37. The molecule has 5 nitrogen and oxygen atoms in total. The van der Waals surface area contributed by atoms with Crippen molar-refractivity contribution in [2.24, 2.45) is 10.3 Å². The molecule has 0 aromatic heterocycles. The molecule has 0 aliphatic heterocycles. The molecule has 0 amide bonds. The summed E-state index contributed by atoms with van der Waals surface area (Å²) in [5.41, 5.74) is 6.34. The van der Waals surface area contributed by atoms with E-state index in [1.165, 1.54) is 0 Å². The molecule has 0 fully saturated rings. The molecule has 0 atom stereocenters. The Balaban J connectivity index is 2.16. The second-order valence-corrected chi connectivity index (χ2v) is 4.54. The predicted octanol–water partition coefficient (Wildman–Crippen LogP) is 2.87. The summed E-state index contributed by atoms with van der Waals surface area (Å²) in [6.07, 6.45) is 1.04. The van der Waals surface area contributed by atoms with Crippen LogP contribution in [0.15, 0.2) is 58.9 Å². The monoisotopic (exact) mass is 285 g/mol. The Morgan fingerprint density at radius 3 is 2.33 bits per heavy atom. The number of hydrogen-bond acceptors (Lipinski definition) is 4. The third-order valence-electron chi connectivity index (χ3n) is 3.10. The Bertz CT molecular complexity index is 585. The summed E-state index contributed by atoms with van der Waals surface area (Å²) in [5.74, 6) is 0. The van der Waals surface area contributed by atoms with Crippen LogP contribution >= 0.6 is 0 Å². The van der Waals surface area contributed by atoms with Gasteiger partial charge in [-0.05, 0) is 42.2 Å². The summed E-state index contributed by atoms with van der Waals surface area (Å²) in [6.45, 7) is 0.109. The minimum Gasteiger partial charge on any atom is -0.396 e. The van der Waals surface area contributed by atoms with Crippen molar-refractivity contribution in [3.63, 3.8) is 0 Å². The van der Waals surface area contributed by atoms with Gasteiger partial charge in [-0.25, -0.2) is 0 Å². The molecule has 3 N–H and O–H groups in total. The van der Waals surface area contributed by atoms with Gasteiger partial charge in [0.25, 0.3) is 0 Å². The van der Waals surface area contributed by atoms with Crippen molar-refractivity contribution in [3.8, 4) is 0 Å². The Kier molecular flexibility index (Phi) is 5.87. The summed E-state index contributed by atoms with van der Waals surface area (Å²) in [6, 6.07) is 15.2. The molecule has 0 unspecified atom stereocenters. The number of rotatable bonds is 7. The molecule has 0 heterocycles. The van der Waals surface area contributed by atoms with Crippen LogP contribution in [-0.4, -0.2) is 23.4 Å². The molecule has 2 aromatic rings. The van der Waals surface area contributed by atoms with Gasteiger partial charge in [-0.1, -0.05) is 35.6 Å². The molecule has 0 radical (unpaired) electrons. The number of nitrogens with zero attached hydrogens (tertiary/aromatic N) is 2. The quantitative estimate of drug-likeness (QED) is 0.540. The highest BCUT2D eigenvalue weighted by Crippen LogP contribution is 2.24. The first-order valence-electron chi connectivity index (χ1n) is 6.89. The maximum Gasteiger partial charge on any atom is 0.0909 e. The summed E-state index contributed by atoms with van der Waals surface area (Å²) in [5, 5.41) is 26.5. The lowest BCUT2D eigenvalue weighted by atomic mass is 10.0. The van der Waals surface area contributed by atoms with Crippen molar-refractivity contribution < 1.29 is 10.2 Å². The SMILES string of the molecule is OCCc1cccc(N=NNc2ccccc2)c1CCO. The summed E-state index contributed by atoms with van der Waals surface area (Å²) < 4.78 is 0. The van der Waals surface area contributed by atoms with Gasteiger partial charge in [0.15, 0.2) is 0 Å².